The van der Waals surface area contributed by atoms with Gasteiger partial charge in [-0.2, -0.15) is 0 Å². The predicted octanol–water partition coefficient (Wildman–Crippen LogP) is 4.17. The van der Waals surface area contributed by atoms with Gasteiger partial charge in [-0.1, -0.05) is 23.8 Å². The lowest BCUT2D eigenvalue weighted by Crippen LogP contribution is -2.31. The minimum atomic E-state index is -0.758. The van der Waals surface area contributed by atoms with Crippen LogP contribution in [0.1, 0.15) is 41.6 Å². The Labute approximate surface area is 194 Å². The molecule has 176 valence electrons. The zero-order valence-corrected chi connectivity index (χ0v) is 19.8. The number of aliphatic hydroxyl groups is 1. The molecule has 2 aromatic rings. The van der Waals surface area contributed by atoms with Gasteiger partial charge in [0.25, 0.3) is 11.7 Å². The summed E-state index contributed by atoms with van der Waals surface area (Å²) in [6.45, 7) is 6.87. The lowest BCUT2D eigenvalue weighted by atomic mass is 9.93. The topological polar surface area (TPSA) is 85.3 Å². The lowest BCUT2D eigenvalue weighted by Gasteiger charge is -2.26. The molecule has 1 fully saturated rings. The Bertz CT molecular complexity index is 1070. The maximum absolute atomic E-state index is 13.2. The van der Waals surface area contributed by atoms with Crippen molar-refractivity contribution in [3.63, 3.8) is 0 Å². The number of hydrogen-bond acceptors (Lipinski definition) is 6. The van der Waals surface area contributed by atoms with Crippen molar-refractivity contribution in [2.45, 2.75) is 33.2 Å². The highest BCUT2D eigenvalue weighted by Crippen LogP contribution is 2.42. The highest BCUT2D eigenvalue weighted by atomic mass is 16.5. The quantitative estimate of drug-likeness (QED) is 0.266. The monoisotopic (exact) mass is 453 g/mol. The third kappa shape index (κ3) is 4.88. The van der Waals surface area contributed by atoms with Crippen molar-refractivity contribution in [3.05, 3.63) is 64.2 Å². The number of likely N-dealkylation sites (tertiary alicyclic amines) is 1. The van der Waals surface area contributed by atoms with Crippen LogP contribution in [-0.4, -0.2) is 55.7 Å². The average molecular weight is 454 g/mol. The van der Waals surface area contributed by atoms with Crippen LogP contribution in [0.5, 0.6) is 11.5 Å². The number of carbonyl (C=O) groups excluding carboxylic acids is 2. The Morgan fingerprint density at radius 2 is 1.82 bits per heavy atom. The Balaban J connectivity index is 2.19. The summed E-state index contributed by atoms with van der Waals surface area (Å²) >= 11 is 0. The normalized spacial score (nSPS) is 17.5. The molecule has 1 heterocycles. The van der Waals surface area contributed by atoms with Gasteiger partial charge >= 0.3 is 0 Å². The van der Waals surface area contributed by atoms with Gasteiger partial charge in [-0.05, 0) is 56.5 Å². The van der Waals surface area contributed by atoms with Gasteiger partial charge in [-0.3, -0.25) is 9.59 Å². The molecule has 1 aliphatic heterocycles. The fourth-order valence-corrected chi connectivity index (χ4v) is 4.10. The smallest absolute Gasteiger partial charge is 0.295 e. The molecule has 0 saturated carbocycles. The number of hydrogen-bond donors (Lipinski definition) is 1. The molecule has 2 aromatic carbocycles. The van der Waals surface area contributed by atoms with Crippen molar-refractivity contribution in [1.29, 1.82) is 0 Å². The molecule has 1 N–H and O–H groups in total. The van der Waals surface area contributed by atoms with E-state index in [9.17, 15) is 14.7 Å². The third-order valence-electron chi connectivity index (χ3n) is 5.74. The van der Waals surface area contributed by atoms with Crippen LogP contribution in [0, 0.1) is 13.8 Å². The molecule has 33 heavy (non-hydrogen) atoms. The number of ketones is 1. The maximum Gasteiger partial charge on any atom is 0.295 e. The molecule has 3 rings (SSSR count). The zero-order chi connectivity index (χ0) is 24.1. The predicted molar refractivity (Wildman–Crippen MR) is 126 cm³/mol. The average Bonchev–Trinajstić information content (AvgIpc) is 3.06. The highest BCUT2D eigenvalue weighted by molar-refractivity contribution is 6.46. The minimum absolute atomic E-state index is 0.0670. The zero-order valence-electron chi connectivity index (χ0n) is 19.8. The largest absolute Gasteiger partial charge is 0.507 e. The van der Waals surface area contributed by atoms with Gasteiger partial charge < -0.3 is 24.2 Å². The molecule has 0 aromatic heterocycles. The standard InChI is InChI=1S/C26H31NO6/c1-6-33-20-11-10-18(15-21(20)32-5)23-22(24(28)19-14-16(2)8-9-17(19)3)25(29)26(30)27(23)12-7-13-31-4/h8-11,14-15,23,28H,6-7,12-13H2,1-5H3/b24-22+. The number of rotatable bonds is 9. The van der Waals surface area contributed by atoms with Gasteiger partial charge in [-0.25, -0.2) is 0 Å². The van der Waals surface area contributed by atoms with Gasteiger partial charge in [0.2, 0.25) is 0 Å². The molecular formula is C26H31NO6. The van der Waals surface area contributed by atoms with Crippen molar-refractivity contribution >= 4 is 17.4 Å². The Morgan fingerprint density at radius 1 is 1.06 bits per heavy atom. The second-order valence-electron chi connectivity index (χ2n) is 8.00. The van der Waals surface area contributed by atoms with E-state index in [0.717, 1.165) is 11.1 Å². The second-order valence-corrected chi connectivity index (χ2v) is 8.00. The van der Waals surface area contributed by atoms with Crippen LogP contribution >= 0.6 is 0 Å². The number of aliphatic hydroxyl groups excluding tert-OH is 1. The molecule has 1 saturated heterocycles. The van der Waals surface area contributed by atoms with Crippen molar-refractivity contribution in [2.24, 2.45) is 0 Å². The summed E-state index contributed by atoms with van der Waals surface area (Å²) < 4.78 is 16.2. The Kier molecular flexibility index (Phi) is 7.76. The molecule has 1 aliphatic rings. The van der Waals surface area contributed by atoms with Crippen LogP contribution < -0.4 is 9.47 Å². The number of aryl methyl sites for hydroxylation is 2. The van der Waals surface area contributed by atoms with E-state index in [1.54, 1.807) is 25.3 Å². The molecule has 7 nitrogen and oxygen atoms in total. The van der Waals surface area contributed by atoms with Gasteiger partial charge in [0.05, 0.1) is 25.3 Å². The Morgan fingerprint density at radius 3 is 2.48 bits per heavy atom. The number of methoxy groups -OCH3 is 2. The van der Waals surface area contributed by atoms with Crippen LogP contribution in [0.3, 0.4) is 0 Å². The summed E-state index contributed by atoms with van der Waals surface area (Å²) in [7, 11) is 3.12. The number of ether oxygens (including phenoxy) is 3. The van der Waals surface area contributed by atoms with Crippen LogP contribution in [0.25, 0.3) is 5.76 Å². The third-order valence-corrected chi connectivity index (χ3v) is 5.74. The maximum atomic E-state index is 13.2. The van der Waals surface area contributed by atoms with E-state index in [1.165, 1.54) is 12.0 Å². The fraction of sp³-hybridized carbons (Fsp3) is 0.385. The molecule has 0 bridgehead atoms. The number of Topliss-reactive ketones (excluding diaryl/α,β-unsaturated/α-hetero) is 1. The van der Waals surface area contributed by atoms with Crippen LogP contribution in [0.15, 0.2) is 42.0 Å². The van der Waals surface area contributed by atoms with E-state index in [0.29, 0.717) is 48.8 Å². The van der Waals surface area contributed by atoms with E-state index < -0.39 is 17.7 Å². The van der Waals surface area contributed by atoms with Gasteiger partial charge in [0.15, 0.2) is 11.5 Å². The molecule has 0 spiro atoms. The van der Waals surface area contributed by atoms with Crippen molar-refractivity contribution in [3.8, 4) is 11.5 Å². The summed E-state index contributed by atoms with van der Waals surface area (Å²) in [4.78, 5) is 27.7. The first-order valence-corrected chi connectivity index (χ1v) is 11.0. The Hall–Kier alpha value is -3.32. The van der Waals surface area contributed by atoms with E-state index in [1.807, 2.05) is 39.0 Å². The number of nitrogens with zero attached hydrogens (tertiary/aromatic N) is 1. The summed E-state index contributed by atoms with van der Waals surface area (Å²) in [5.41, 5.74) is 3.01. The SMILES string of the molecule is CCOc1ccc(C2/C(=C(\O)c3cc(C)ccc3C)C(=O)C(=O)N2CCCOC)cc1OC. The van der Waals surface area contributed by atoms with Gasteiger partial charge in [0.1, 0.15) is 5.76 Å². The van der Waals surface area contributed by atoms with E-state index in [-0.39, 0.29) is 11.3 Å². The molecule has 0 radical (unpaired) electrons. The number of amides is 1. The number of benzene rings is 2. The molecule has 0 aliphatic carbocycles. The summed E-state index contributed by atoms with van der Waals surface area (Å²) in [6, 6.07) is 10.2. The first kappa shape index (κ1) is 24.3. The van der Waals surface area contributed by atoms with Crippen LogP contribution in [0.2, 0.25) is 0 Å². The van der Waals surface area contributed by atoms with E-state index in [4.69, 9.17) is 14.2 Å². The fourth-order valence-electron chi connectivity index (χ4n) is 4.10. The van der Waals surface area contributed by atoms with E-state index >= 15 is 0 Å². The molecule has 7 heteroatoms. The van der Waals surface area contributed by atoms with Gasteiger partial charge in [-0.15, -0.1) is 0 Å². The van der Waals surface area contributed by atoms with Crippen molar-refractivity contribution < 1.29 is 28.9 Å². The first-order chi connectivity index (χ1) is 15.8. The lowest BCUT2D eigenvalue weighted by molar-refractivity contribution is -0.140. The van der Waals surface area contributed by atoms with E-state index in [2.05, 4.69) is 0 Å². The first-order valence-electron chi connectivity index (χ1n) is 11.0. The summed E-state index contributed by atoms with van der Waals surface area (Å²) in [6.07, 6.45) is 0.553. The molecule has 1 atom stereocenters. The van der Waals surface area contributed by atoms with Crippen molar-refractivity contribution in [1.82, 2.24) is 4.90 Å². The minimum Gasteiger partial charge on any atom is -0.507 e. The van der Waals surface area contributed by atoms with Crippen LogP contribution in [-0.2, 0) is 14.3 Å². The number of carbonyl (C=O) groups is 2. The molecular weight excluding hydrogens is 422 g/mol. The summed E-state index contributed by atoms with van der Waals surface area (Å²) in [5.74, 6) is -0.473. The molecule has 1 unspecified atom stereocenters. The van der Waals surface area contributed by atoms with Crippen LogP contribution in [0.4, 0.5) is 0 Å². The summed E-state index contributed by atoms with van der Waals surface area (Å²) in [5, 5.41) is 11.3. The highest BCUT2D eigenvalue weighted by Gasteiger charge is 2.46. The van der Waals surface area contributed by atoms with Crippen molar-refractivity contribution in [2.75, 3.05) is 34.0 Å². The second kappa shape index (κ2) is 10.5. The van der Waals surface area contributed by atoms with Gasteiger partial charge in [0, 0.05) is 25.8 Å². The molecule has 1 amide bonds.